The van der Waals surface area contributed by atoms with Crippen molar-refractivity contribution in [1.29, 1.82) is 0 Å². The summed E-state index contributed by atoms with van der Waals surface area (Å²) in [5.74, 6) is 0.972. The first-order valence-electron chi connectivity index (χ1n) is 3.08. The Kier molecular flexibility index (Phi) is 0.680. The molecular formula is C6H10O. The zero-order valence-corrected chi connectivity index (χ0v) is 4.39. The van der Waals surface area contributed by atoms with Crippen LogP contribution in [0.2, 0.25) is 0 Å². The fourth-order valence-electron chi connectivity index (χ4n) is 1.14. The van der Waals surface area contributed by atoms with Gasteiger partial charge in [0.05, 0.1) is 12.7 Å². The third-order valence-electron chi connectivity index (χ3n) is 2.03. The minimum Gasteiger partial charge on any atom is -0.373 e. The molecule has 1 saturated carbocycles. The van der Waals surface area contributed by atoms with Gasteiger partial charge in [0, 0.05) is 0 Å². The molecule has 2 rings (SSSR count). The van der Waals surface area contributed by atoms with E-state index in [2.05, 4.69) is 0 Å². The predicted molar refractivity (Wildman–Crippen MR) is 27.1 cm³/mol. The summed E-state index contributed by atoms with van der Waals surface area (Å²) in [6, 6.07) is 0. The van der Waals surface area contributed by atoms with Crippen molar-refractivity contribution in [1.82, 2.24) is 0 Å². The molecule has 1 saturated heterocycles. The van der Waals surface area contributed by atoms with Crippen LogP contribution in [-0.2, 0) is 4.74 Å². The van der Waals surface area contributed by atoms with Gasteiger partial charge in [-0.25, -0.2) is 0 Å². The minimum absolute atomic E-state index is 0.703. The summed E-state index contributed by atoms with van der Waals surface area (Å²) in [4.78, 5) is 0. The summed E-state index contributed by atoms with van der Waals surface area (Å²) in [5.41, 5.74) is 0. The van der Waals surface area contributed by atoms with Crippen LogP contribution in [0.1, 0.15) is 19.3 Å². The molecule has 0 spiro atoms. The van der Waals surface area contributed by atoms with Crippen LogP contribution in [0.4, 0.5) is 0 Å². The molecule has 1 heteroatoms. The van der Waals surface area contributed by atoms with Crippen LogP contribution in [0.15, 0.2) is 0 Å². The fourth-order valence-corrected chi connectivity index (χ4v) is 1.14. The Morgan fingerprint density at radius 3 is 2.14 bits per heavy atom. The van der Waals surface area contributed by atoms with E-state index in [0.717, 1.165) is 12.5 Å². The zero-order chi connectivity index (χ0) is 4.69. The van der Waals surface area contributed by atoms with E-state index in [-0.39, 0.29) is 0 Å². The number of hydrogen-bond acceptors (Lipinski definition) is 1. The van der Waals surface area contributed by atoms with E-state index in [9.17, 15) is 0 Å². The van der Waals surface area contributed by atoms with Crippen LogP contribution < -0.4 is 0 Å². The molecule has 0 bridgehead atoms. The lowest BCUT2D eigenvalue weighted by molar-refractivity contribution is 0.232. The Balaban J connectivity index is 1.83. The SMILES string of the molecule is C1CC([C@H]2CO2)C1. The zero-order valence-electron chi connectivity index (χ0n) is 4.39. The Hall–Kier alpha value is -0.0400. The molecule has 1 aliphatic carbocycles. The first kappa shape index (κ1) is 3.90. The molecule has 0 aromatic heterocycles. The van der Waals surface area contributed by atoms with E-state index in [4.69, 9.17) is 4.74 Å². The second-order valence-electron chi connectivity index (χ2n) is 2.56. The average molecular weight is 98.1 g/mol. The smallest absolute Gasteiger partial charge is 0.0838 e. The maximum Gasteiger partial charge on any atom is 0.0838 e. The van der Waals surface area contributed by atoms with Crippen molar-refractivity contribution < 1.29 is 4.74 Å². The first-order chi connectivity index (χ1) is 3.47. The molecule has 1 aliphatic heterocycles. The van der Waals surface area contributed by atoms with Crippen molar-refractivity contribution in [2.75, 3.05) is 6.61 Å². The van der Waals surface area contributed by atoms with Gasteiger partial charge < -0.3 is 4.74 Å². The van der Waals surface area contributed by atoms with Crippen molar-refractivity contribution in [3.05, 3.63) is 0 Å². The number of hydrogen-bond donors (Lipinski definition) is 0. The van der Waals surface area contributed by atoms with Gasteiger partial charge in [0.1, 0.15) is 0 Å². The molecule has 0 aromatic carbocycles. The molecule has 0 aromatic rings. The van der Waals surface area contributed by atoms with Gasteiger partial charge in [-0.2, -0.15) is 0 Å². The standard InChI is InChI=1S/C6H10O/c1-2-5(3-1)6-4-7-6/h5-6H,1-4H2/t6-/m1/s1. The summed E-state index contributed by atoms with van der Waals surface area (Å²) < 4.78 is 5.11. The van der Waals surface area contributed by atoms with Gasteiger partial charge in [0.2, 0.25) is 0 Å². The van der Waals surface area contributed by atoms with Gasteiger partial charge in [-0.3, -0.25) is 0 Å². The maximum atomic E-state index is 5.11. The lowest BCUT2D eigenvalue weighted by Gasteiger charge is -2.22. The van der Waals surface area contributed by atoms with Gasteiger partial charge in [0.25, 0.3) is 0 Å². The highest BCUT2D eigenvalue weighted by Gasteiger charge is 2.35. The number of rotatable bonds is 1. The van der Waals surface area contributed by atoms with E-state index in [1.807, 2.05) is 0 Å². The predicted octanol–water partition coefficient (Wildman–Crippen LogP) is 1.19. The van der Waals surface area contributed by atoms with Gasteiger partial charge in [-0.15, -0.1) is 0 Å². The molecule has 1 nitrogen and oxygen atoms in total. The van der Waals surface area contributed by atoms with E-state index < -0.39 is 0 Å². The summed E-state index contributed by atoms with van der Waals surface area (Å²) in [5, 5.41) is 0. The maximum absolute atomic E-state index is 5.11. The highest BCUT2D eigenvalue weighted by molar-refractivity contribution is 4.84. The van der Waals surface area contributed by atoms with Crippen LogP contribution in [0.25, 0.3) is 0 Å². The van der Waals surface area contributed by atoms with Crippen molar-refractivity contribution in [2.24, 2.45) is 5.92 Å². The van der Waals surface area contributed by atoms with Crippen LogP contribution in [0, 0.1) is 5.92 Å². The molecule has 1 atom stereocenters. The van der Waals surface area contributed by atoms with E-state index in [1.165, 1.54) is 19.3 Å². The van der Waals surface area contributed by atoms with Gasteiger partial charge >= 0.3 is 0 Å². The van der Waals surface area contributed by atoms with Crippen molar-refractivity contribution in [3.63, 3.8) is 0 Å². The number of epoxide rings is 1. The number of ether oxygens (including phenoxy) is 1. The molecule has 1 heterocycles. The molecule has 7 heavy (non-hydrogen) atoms. The van der Waals surface area contributed by atoms with Gasteiger partial charge in [-0.1, -0.05) is 6.42 Å². The highest BCUT2D eigenvalue weighted by atomic mass is 16.6. The summed E-state index contributed by atoms with van der Waals surface area (Å²) >= 11 is 0. The molecule has 2 aliphatic rings. The largest absolute Gasteiger partial charge is 0.373 e. The molecule has 2 fully saturated rings. The van der Waals surface area contributed by atoms with Crippen LogP contribution in [0.3, 0.4) is 0 Å². The van der Waals surface area contributed by atoms with Gasteiger partial charge in [-0.05, 0) is 18.8 Å². The van der Waals surface area contributed by atoms with Crippen molar-refractivity contribution >= 4 is 0 Å². The minimum atomic E-state index is 0.703. The van der Waals surface area contributed by atoms with Gasteiger partial charge in [0.15, 0.2) is 0 Å². The van der Waals surface area contributed by atoms with E-state index in [1.54, 1.807) is 0 Å². The molecule has 40 valence electrons. The second kappa shape index (κ2) is 1.22. The van der Waals surface area contributed by atoms with Crippen molar-refractivity contribution in [3.8, 4) is 0 Å². The normalized spacial score (nSPS) is 40.3. The third-order valence-corrected chi connectivity index (χ3v) is 2.03. The van der Waals surface area contributed by atoms with Crippen LogP contribution in [0.5, 0.6) is 0 Å². The van der Waals surface area contributed by atoms with Crippen LogP contribution in [-0.4, -0.2) is 12.7 Å². The monoisotopic (exact) mass is 98.1 g/mol. The lowest BCUT2D eigenvalue weighted by atomic mass is 9.83. The van der Waals surface area contributed by atoms with E-state index >= 15 is 0 Å². The molecule has 0 radical (unpaired) electrons. The third kappa shape index (κ3) is 0.556. The van der Waals surface area contributed by atoms with Crippen molar-refractivity contribution in [2.45, 2.75) is 25.4 Å². The average Bonchev–Trinajstić information content (AvgIpc) is 2.10. The Bertz CT molecular complexity index is 72.2. The summed E-state index contributed by atoms with van der Waals surface area (Å²) in [6.45, 7) is 1.06. The Morgan fingerprint density at radius 1 is 1.29 bits per heavy atom. The molecular weight excluding hydrogens is 88.1 g/mol. The van der Waals surface area contributed by atoms with Crippen LogP contribution >= 0.6 is 0 Å². The Labute approximate surface area is 43.7 Å². The summed E-state index contributed by atoms with van der Waals surface area (Å²) in [6.07, 6.45) is 5.02. The molecule has 0 N–H and O–H groups in total. The first-order valence-corrected chi connectivity index (χ1v) is 3.08. The molecule has 0 unspecified atom stereocenters. The quantitative estimate of drug-likeness (QED) is 0.449. The second-order valence-corrected chi connectivity index (χ2v) is 2.56. The highest BCUT2D eigenvalue weighted by Crippen LogP contribution is 2.36. The fraction of sp³-hybridized carbons (Fsp3) is 1.00. The summed E-state index contributed by atoms with van der Waals surface area (Å²) in [7, 11) is 0. The Morgan fingerprint density at radius 2 is 2.00 bits per heavy atom. The topological polar surface area (TPSA) is 12.5 Å². The van der Waals surface area contributed by atoms with E-state index in [0.29, 0.717) is 6.10 Å². The molecule has 0 amide bonds. The lowest BCUT2D eigenvalue weighted by Crippen LogP contribution is -2.16.